The van der Waals surface area contributed by atoms with Crippen LogP contribution in [0.3, 0.4) is 0 Å². The fourth-order valence-electron chi connectivity index (χ4n) is 5.13. The Bertz CT molecular complexity index is 1090. The van der Waals surface area contributed by atoms with Crippen LogP contribution in [0.15, 0.2) is 66.9 Å². The summed E-state index contributed by atoms with van der Waals surface area (Å²) in [6.07, 6.45) is 10.1. The second-order valence-corrected chi connectivity index (χ2v) is 8.75. The molecule has 2 aliphatic rings. The molecule has 1 fully saturated rings. The van der Waals surface area contributed by atoms with Crippen LogP contribution in [0.1, 0.15) is 18.4 Å². The van der Waals surface area contributed by atoms with Gasteiger partial charge in [-0.2, -0.15) is 0 Å². The molecule has 1 heterocycles. The number of ether oxygens (including phenoxy) is 1. The largest absolute Gasteiger partial charge is 0.497 e. The molecule has 0 aliphatic heterocycles. The molecule has 2 aliphatic carbocycles. The van der Waals surface area contributed by atoms with Crippen LogP contribution in [0, 0.1) is 17.8 Å². The van der Waals surface area contributed by atoms with E-state index >= 15 is 0 Å². The van der Waals surface area contributed by atoms with Gasteiger partial charge < -0.3 is 19.9 Å². The number of fused-ring (bicyclic) bond motifs is 3. The quantitative estimate of drug-likeness (QED) is 0.503. The zero-order chi connectivity index (χ0) is 21.2. The minimum atomic E-state index is -0.0308. The second kappa shape index (κ2) is 8.50. The summed E-state index contributed by atoms with van der Waals surface area (Å²) in [6.45, 7) is 1.50. The summed E-state index contributed by atoms with van der Waals surface area (Å²) >= 11 is 0. The predicted molar refractivity (Wildman–Crippen MR) is 124 cm³/mol. The summed E-state index contributed by atoms with van der Waals surface area (Å²) < 4.78 is 5.22. The van der Waals surface area contributed by atoms with E-state index in [1.165, 1.54) is 23.8 Å². The number of para-hydroxylation sites is 1. The number of anilines is 1. The Labute approximate surface area is 183 Å². The normalized spacial score (nSPS) is 21.5. The van der Waals surface area contributed by atoms with Crippen molar-refractivity contribution < 1.29 is 9.53 Å². The van der Waals surface area contributed by atoms with Crippen LogP contribution in [0.4, 0.5) is 10.5 Å². The summed E-state index contributed by atoms with van der Waals surface area (Å²) in [6, 6.07) is 15.8. The highest BCUT2D eigenvalue weighted by Gasteiger charge is 2.37. The van der Waals surface area contributed by atoms with E-state index in [0.29, 0.717) is 24.3 Å². The SMILES string of the molecule is COc1ccc(NC(=O)N(CCc2c[nH]c3ccccc23)CC2CC3C=CC2C3)cc1. The third-order valence-electron chi connectivity index (χ3n) is 6.83. The average molecular weight is 416 g/mol. The van der Waals surface area contributed by atoms with Gasteiger partial charge in [0.2, 0.25) is 0 Å². The number of carbonyl (C=O) groups is 1. The molecule has 160 valence electrons. The van der Waals surface area contributed by atoms with Crippen molar-refractivity contribution in [2.75, 3.05) is 25.5 Å². The molecule has 31 heavy (non-hydrogen) atoms. The van der Waals surface area contributed by atoms with Crippen molar-refractivity contribution in [1.82, 2.24) is 9.88 Å². The number of urea groups is 1. The standard InChI is InChI=1S/C26H29N3O2/c1-31-23-10-8-22(9-11-23)28-26(30)29(17-21-15-18-6-7-19(21)14-18)13-12-20-16-27-25-5-3-2-4-24(20)25/h2-11,16,18-19,21,27H,12-15,17H2,1H3,(H,28,30). The number of hydrogen-bond donors (Lipinski definition) is 2. The fourth-order valence-corrected chi connectivity index (χ4v) is 5.13. The lowest BCUT2D eigenvalue weighted by Crippen LogP contribution is -2.40. The Morgan fingerprint density at radius 3 is 2.71 bits per heavy atom. The fraction of sp³-hybridized carbons (Fsp3) is 0.346. The van der Waals surface area contributed by atoms with Crippen molar-refractivity contribution in [1.29, 1.82) is 0 Å². The second-order valence-electron chi connectivity index (χ2n) is 8.75. The Morgan fingerprint density at radius 2 is 1.97 bits per heavy atom. The van der Waals surface area contributed by atoms with E-state index in [2.05, 4.69) is 46.8 Å². The number of aromatic amines is 1. The number of carbonyl (C=O) groups excluding carboxylic acids is 1. The Morgan fingerprint density at radius 1 is 1.13 bits per heavy atom. The number of rotatable bonds is 7. The van der Waals surface area contributed by atoms with Gasteiger partial charge in [0.15, 0.2) is 0 Å². The zero-order valence-electron chi connectivity index (χ0n) is 17.9. The van der Waals surface area contributed by atoms with Crippen molar-refractivity contribution in [2.24, 2.45) is 17.8 Å². The number of benzene rings is 2. The van der Waals surface area contributed by atoms with Gasteiger partial charge in [0, 0.05) is 35.9 Å². The van der Waals surface area contributed by atoms with Crippen molar-refractivity contribution in [2.45, 2.75) is 19.3 Å². The molecule has 2 bridgehead atoms. The molecule has 5 rings (SSSR count). The Kier molecular flexibility index (Phi) is 5.41. The van der Waals surface area contributed by atoms with E-state index in [-0.39, 0.29) is 6.03 Å². The van der Waals surface area contributed by atoms with Crippen LogP contribution < -0.4 is 10.1 Å². The van der Waals surface area contributed by atoms with Crippen LogP contribution in [-0.4, -0.2) is 36.1 Å². The van der Waals surface area contributed by atoms with E-state index in [9.17, 15) is 4.79 Å². The van der Waals surface area contributed by atoms with E-state index in [1.54, 1.807) is 7.11 Å². The molecule has 0 radical (unpaired) electrons. The highest BCUT2D eigenvalue weighted by Crippen LogP contribution is 2.43. The molecule has 0 saturated heterocycles. The lowest BCUT2D eigenvalue weighted by Gasteiger charge is -2.29. The van der Waals surface area contributed by atoms with Crippen LogP contribution in [0.25, 0.3) is 10.9 Å². The molecular formula is C26H29N3O2. The number of H-pyrrole nitrogens is 1. The van der Waals surface area contributed by atoms with Gasteiger partial charge in [-0.05, 0) is 72.9 Å². The van der Waals surface area contributed by atoms with Gasteiger partial charge in [0.05, 0.1) is 7.11 Å². The first-order valence-electron chi connectivity index (χ1n) is 11.1. The maximum absolute atomic E-state index is 13.2. The Balaban J connectivity index is 1.30. The molecule has 0 spiro atoms. The average Bonchev–Trinajstić information content (AvgIpc) is 3.53. The first-order valence-corrected chi connectivity index (χ1v) is 11.1. The number of allylic oxidation sites excluding steroid dienone is 2. The number of hydrogen-bond acceptors (Lipinski definition) is 2. The molecule has 3 atom stereocenters. The Hall–Kier alpha value is -3.21. The van der Waals surface area contributed by atoms with E-state index in [4.69, 9.17) is 4.74 Å². The highest BCUT2D eigenvalue weighted by atomic mass is 16.5. The van der Waals surface area contributed by atoms with E-state index < -0.39 is 0 Å². The molecule has 3 aromatic rings. The number of aromatic nitrogens is 1. The minimum Gasteiger partial charge on any atom is -0.497 e. The highest BCUT2D eigenvalue weighted by molar-refractivity contribution is 5.89. The molecule has 1 aromatic heterocycles. The number of nitrogens with zero attached hydrogens (tertiary/aromatic N) is 1. The molecular weight excluding hydrogens is 386 g/mol. The number of methoxy groups -OCH3 is 1. The van der Waals surface area contributed by atoms with Crippen molar-refractivity contribution in [3.63, 3.8) is 0 Å². The molecule has 2 aromatic carbocycles. The van der Waals surface area contributed by atoms with Crippen molar-refractivity contribution >= 4 is 22.6 Å². The van der Waals surface area contributed by atoms with Crippen LogP contribution in [0.2, 0.25) is 0 Å². The molecule has 1 saturated carbocycles. The minimum absolute atomic E-state index is 0.0308. The van der Waals surface area contributed by atoms with Gasteiger partial charge in [-0.1, -0.05) is 30.4 Å². The van der Waals surface area contributed by atoms with Crippen molar-refractivity contribution in [3.8, 4) is 5.75 Å². The maximum atomic E-state index is 13.2. The smallest absolute Gasteiger partial charge is 0.321 e. The number of amides is 2. The third kappa shape index (κ3) is 4.18. The topological polar surface area (TPSA) is 57.4 Å². The van der Waals surface area contributed by atoms with Crippen molar-refractivity contribution in [3.05, 3.63) is 72.4 Å². The molecule has 5 heteroatoms. The molecule has 2 amide bonds. The van der Waals surface area contributed by atoms with E-state index in [1.807, 2.05) is 35.2 Å². The first-order chi connectivity index (χ1) is 15.2. The lowest BCUT2D eigenvalue weighted by molar-refractivity contribution is 0.196. The van der Waals surface area contributed by atoms with Crippen LogP contribution >= 0.6 is 0 Å². The maximum Gasteiger partial charge on any atom is 0.321 e. The molecule has 2 N–H and O–H groups in total. The summed E-state index contributed by atoms with van der Waals surface area (Å²) in [5.74, 6) is 2.66. The number of nitrogens with one attached hydrogen (secondary N) is 2. The predicted octanol–water partition coefficient (Wildman–Crippen LogP) is 5.47. The first kappa shape index (κ1) is 19.7. The third-order valence-corrected chi connectivity index (χ3v) is 6.83. The van der Waals surface area contributed by atoms with Gasteiger partial charge in [-0.3, -0.25) is 0 Å². The summed E-state index contributed by atoms with van der Waals surface area (Å²) in [5, 5.41) is 4.32. The molecule has 3 unspecified atom stereocenters. The summed E-state index contributed by atoms with van der Waals surface area (Å²) in [4.78, 5) is 18.6. The van der Waals surface area contributed by atoms with Gasteiger partial charge >= 0.3 is 6.03 Å². The van der Waals surface area contributed by atoms with Crippen LogP contribution in [0.5, 0.6) is 5.75 Å². The van der Waals surface area contributed by atoms with Gasteiger partial charge in [-0.15, -0.1) is 0 Å². The van der Waals surface area contributed by atoms with Gasteiger partial charge in [0.1, 0.15) is 5.75 Å². The zero-order valence-corrected chi connectivity index (χ0v) is 17.9. The molecule has 5 nitrogen and oxygen atoms in total. The van der Waals surface area contributed by atoms with Crippen LogP contribution in [-0.2, 0) is 6.42 Å². The monoisotopic (exact) mass is 415 g/mol. The summed E-state index contributed by atoms with van der Waals surface area (Å²) in [5.41, 5.74) is 3.19. The van der Waals surface area contributed by atoms with Gasteiger partial charge in [0.25, 0.3) is 0 Å². The summed E-state index contributed by atoms with van der Waals surface area (Å²) in [7, 11) is 1.64. The van der Waals surface area contributed by atoms with Gasteiger partial charge in [-0.25, -0.2) is 4.79 Å². The lowest BCUT2D eigenvalue weighted by atomic mass is 9.93. The van der Waals surface area contributed by atoms with E-state index in [0.717, 1.165) is 29.9 Å².